The Morgan fingerprint density at radius 3 is 2.73 bits per heavy atom. The Hall–Kier alpha value is -1.20. The van der Waals surface area contributed by atoms with Gasteiger partial charge in [0.15, 0.2) is 11.6 Å². The number of nitrogens with one attached hydrogen (secondary N) is 1. The van der Waals surface area contributed by atoms with Gasteiger partial charge in [0.25, 0.3) is 0 Å². The first-order valence-electron chi connectivity index (χ1n) is 4.68. The molecular weight excluding hydrogens is 204 g/mol. The average Bonchev–Trinajstić information content (AvgIpc) is 2.26. The summed E-state index contributed by atoms with van der Waals surface area (Å²) in [5, 5.41) is 12.4. The van der Waals surface area contributed by atoms with Crippen LogP contribution in [0.3, 0.4) is 0 Å². The van der Waals surface area contributed by atoms with Crippen LogP contribution in [0.1, 0.15) is 11.6 Å². The molecular formula is C10H11F2NO2. The second-order valence-corrected chi connectivity index (χ2v) is 3.37. The topological polar surface area (TPSA) is 41.5 Å². The van der Waals surface area contributed by atoms with E-state index in [4.69, 9.17) is 4.74 Å². The number of ether oxygens (including phenoxy) is 1. The Morgan fingerprint density at radius 1 is 1.33 bits per heavy atom. The van der Waals surface area contributed by atoms with E-state index >= 15 is 0 Å². The molecule has 0 radical (unpaired) electrons. The van der Waals surface area contributed by atoms with Gasteiger partial charge in [-0.25, -0.2) is 8.78 Å². The van der Waals surface area contributed by atoms with Gasteiger partial charge in [0, 0.05) is 6.54 Å². The molecule has 0 amide bonds. The minimum atomic E-state index is -0.821. The number of benzene rings is 1. The highest BCUT2D eigenvalue weighted by Gasteiger charge is 2.24. The van der Waals surface area contributed by atoms with Crippen molar-refractivity contribution >= 4 is 0 Å². The molecule has 1 aromatic rings. The number of hydrogen-bond acceptors (Lipinski definition) is 3. The molecule has 1 atom stereocenters. The second-order valence-electron chi connectivity index (χ2n) is 3.37. The minimum Gasteiger partial charge on any atom is -0.505 e. The van der Waals surface area contributed by atoms with Crippen LogP contribution in [-0.4, -0.2) is 24.9 Å². The molecule has 1 heterocycles. The molecule has 0 saturated carbocycles. The maximum absolute atomic E-state index is 13.4. The highest BCUT2D eigenvalue weighted by atomic mass is 19.1. The van der Waals surface area contributed by atoms with Crippen molar-refractivity contribution in [3.63, 3.8) is 0 Å². The highest BCUT2D eigenvalue weighted by Crippen LogP contribution is 2.30. The van der Waals surface area contributed by atoms with E-state index in [1.54, 1.807) is 0 Å². The van der Waals surface area contributed by atoms with Crippen LogP contribution < -0.4 is 5.32 Å². The standard InChI is InChI=1S/C10H11F2NO2/c11-6-1-2-7(12)10(14)9(6)8-5-15-4-3-13-8/h1-2,8,13-14H,3-5H2/t8-/m0/s1. The number of aromatic hydroxyl groups is 1. The van der Waals surface area contributed by atoms with Crippen LogP contribution in [0.5, 0.6) is 5.75 Å². The molecule has 5 heteroatoms. The van der Waals surface area contributed by atoms with Gasteiger partial charge < -0.3 is 15.2 Å². The predicted molar refractivity (Wildman–Crippen MR) is 49.6 cm³/mol. The van der Waals surface area contributed by atoms with Gasteiger partial charge in [0.2, 0.25) is 0 Å². The summed E-state index contributed by atoms with van der Waals surface area (Å²) in [5.41, 5.74) is -0.0605. The fraction of sp³-hybridized carbons (Fsp3) is 0.400. The summed E-state index contributed by atoms with van der Waals surface area (Å²) in [5.74, 6) is -2.09. The Bertz CT molecular complexity index is 365. The van der Waals surface area contributed by atoms with Crippen molar-refractivity contribution in [2.24, 2.45) is 0 Å². The number of phenolic OH excluding ortho intramolecular Hbond substituents is 1. The van der Waals surface area contributed by atoms with Crippen molar-refractivity contribution in [1.82, 2.24) is 5.32 Å². The summed E-state index contributed by atoms with van der Waals surface area (Å²) in [6, 6.07) is 1.41. The Labute approximate surface area is 85.7 Å². The second kappa shape index (κ2) is 4.12. The number of hydrogen-bond donors (Lipinski definition) is 2. The summed E-state index contributed by atoms with van der Waals surface area (Å²) >= 11 is 0. The minimum absolute atomic E-state index is 0.0605. The maximum Gasteiger partial charge on any atom is 0.165 e. The molecule has 2 N–H and O–H groups in total. The zero-order valence-corrected chi connectivity index (χ0v) is 7.96. The monoisotopic (exact) mass is 215 g/mol. The summed E-state index contributed by atoms with van der Waals surface area (Å²) in [6.45, 7) is 1.32. The average molecular weight is 215 g/mol. The van der Waals surface area contributed by atoms with Gasteiger partial charge >= 0.3 is 0 Å². The van der Waals surface area contributed by atoms with Gasteiger partial charge in [0.1, 0.15) is 5.82 Å². The zero-order valence-electron chi connectivity index (χ0n) is 7.96. The molecule has 0 aliphatic carbocycles. The van der Waals surface area contributed by atoms with E-state index in [1.165, 1.54) is 0 Å². The van der Waals surface area contributed by atoms with Crippen LogP contribution in [0.15, 0.2) is 12.1 Å². The normalized spacial score (nSPS) is 21.6. The lowest BCUT2D eigenvalue weighted by atomic mass is 10.0. The third-order valence-electron chi connectivity index (χ3n) is 2.38. The fourth-order valence-corrected chi connectivity index (χ4v) is 1.64. The lowest BCUT2D eigenvalue weighted by Gasteiger charge is -2.25. The number of morpholine rings is 1. The Balaban J connectivity index is 2.36. The molecule has 0 unspecified atom stereocenters. The highest BCUT2D eigenvalue weighted by molar-refractivity contribution is 5.37. The summed E-state index contributed by atoms with van der Waals surface area (Å²) in [4.78, 5) is 0. The smallest absolute Gasteiger partial charge is 0.165 e. The predicted octanol–water partition coefficient (Wildman–Crippen LogP) is 1.33. The molecule has 0 bridgehead atoms. The quantitative estimate of drug-likeness (QED) is 0.742. The first-order valence-corrected chi connectivity index (χ1v) is 4.68. The van der Waals surface area contributed by atoms with E-state index in [1.807, 2.05) is 0 Å². The lowest BCUT2D eigenvalue weighted by Crippen LogP contribution is -2.35. The molecule has 0 aromatic heterocycles. The fourth-order valence-electron chi connectivity index (χ4n) is 1.64. The number of rotatable bonds is 1. The zero-order chi connectivity index (χ0) is 10.8. The van der Waals surface area contributed by atoms with Crippen LogP contribution in [0.4, 0.5) is 8.78 Å². The van der Waals surface area contributed by atoms with Crippen LogP contribution in [0.2, 0.25) is 0 Å². The van der Waals surface area contributed by atoms with Gasteiger partial charge in [-0.2, -0.15) is 0 Å². The van der Waals surface area contributed by atoms with Crippen molar-refractivity contribution < 1.29 is 18.6 Å². The van der Waals surface area contributed by atoms with Crippen LogP contribution in [-0.2, 0) is 4.74 Å². The first kappa shape index (κ1) is 10.3. The van der Waals surface area contributed by atoms with E-state index in [-0.39, 0.29) is 12.2 Å². The van der Waals surface area contributed by atoms with Crippen molar-refractivity contribution in [3.05, 3.63) is 29.3 Å². The van der Waals surface area contributed by atoms with E-state index < -0.39 is 23.4 Å². The summed E-state index contributed by atoms with van der Waals surface area (Å²) in [6.07, 6.45) is 0. The van der Waals surface area contributed by atoms with Crippen molar-refractivity contribution in [3.8, 4) is 5.75 Å². The molecule has 1 aromatic carbocycles. The summed E-state index contributed by atoms with van der Waals surface area (Å²) < 4.78 is 31.5. The van der Waals surface area contributed by atoms with Gasteiger partial charge in [-0.1, -0.05) is 0 Å². The SMILES string of the molecule is Oc1c(F)ccc(F)c1[C@@H]1COCCN1. The van der Waals surface area contributed by atoms with E-state index in [0.717, 1.165) is 12.1 Å². The third-order valence-corrected chi connectivity index (χ3v) is 2.38. The van der Waals surface area contributed by atoms with Gasteiger partial charge in [-0.3, -0.25) is 0 Å². The molecule has 2 rings (SSSR count). The molecule has 1 aliphatic heterocycles. The van der Waals surface area contributed by atoms with Crippen LogP contribution in [0.25, 0.3) is 0 Å². The number of phenols is 1. The molecule has 1 aliphatic rings. The molecule has 3 nitrogen and oxygen atoms in total. The molecule has 15 heavy (non-hydrogen) atoms. The molecule has 1 fully saturated rings. The number of halogens is 2. The Kier molecular flexibility index (Phi) is 2.83. The lowest BCUT2D eigenvalue weighted by molar-refractivity contribution is 0.0747. The third kappa shape index (κ3) is 1.93. The van der Waals surface area contributed by atoms with E-state index in [0.29, 0.717) is 13.2 Å². The van der Waals surface area contributed by atoms with Gasteiger partial charge in [-0.05, 0) is 12.1 Å². The van der Waals surface area contributed by atoms with Crippen molar-refractivity contribution in [1.29, 1.82) is 0 Å². The molecule has 1 saturated heterocycles. The van der Waals surface area contributed by atoms with Crippen molar-refractivity contribution in [2.75, 3.05) is 19.8 Å². The molecule has 0 spiro atoms. The van der Waals surface area contributed by atoms with Crippen molar-refractivity contribution in [2.45, 2.75) is 6.04 Å². The Morgan fingerprint density at radius 2 is 2.07 bits per heavy atom. The van der Waals surface area contributed by atoms with E-state index in [2.05, 4.69) is 5.32 Å². The molecule has 82 valence electrons. The van der Waals surface area contributed by atoms with Crippen LogP contribution in [0, 0.1) is 11.6 Å². The van der Waals surface area contributed by atoms with Gasteiger partial charge in [0.05, 0.1) is 24.8 Å². The van der Waals surface area contributed by atoms with Gasteiger partial charge in [-0.15, -0.1) is 0 Å². The largest absolute Gasteiger partial charge is 0.505 e. The first-order chi connectivity index (χ1) is 7.20. The van der Waals surface area contributed by atoms with Crippen LogP contribution >= 0.6 is 0 Å². The maximum atomic E-state index is 13.4. The summed E-state index contributed by atoms with van der Waals surface area (Å²) in [7, 11) is 0. The van der Waals surface area contributed by atoms with E-state index in [9.17, 15) is 13.9 Å².